The van der Waals surface area contributed by atoms with E-state index >= 15 is 0 Å². The lowest BCUT2D eigenvalue weighted by Gasteiger charge is -2.14. The second-order valence-electron chi connectivity index (χ2n) is 3.24. The Bertz CT molecular complexity index is 271. The van der Waals surface area contributed by atoms with Crippen LogP contribution in [0, 0.1) is 0 Å². The van der Waals surface area contributed by atoms with Crippen LogP contribution in [0.5, 0.6) is 0 Å². The Balaban J connectivity index is 2.24. The van der Waals surface area contributed by atoms with E-state index in [0.717, 1.165) is 0 Å². The summed E-state index contributed by atoms with van der Waals surface area (Å²) in [6.07, 6.45) is 7.78. The largest absolute Gasteiger partial charge is 0.335 e. The first-order valence-corrected chi connectivity index (χ1v) is 4.82. The van der Waals surface area contributed by atoms with Crippen molar-refractivity contribution < 1.29 is 9.59 Å². The van der Waals surface area contributed by atoms with Crippen molar-refractivity contribution in [2.24, 2.45) is 0 Å². The maximum absolute atomic E-state index is 11.5. The molecule has 1 aliphatic rings. The molecule has 0 aromatic rings. The van der Waals surface area contributed by atoms with Crippen LogP contribution in [0.4, 0.5) is 0 Å². The highest BCUT2D eigenvalue weighted by Gasteiger charge is 2.14. The van der Waals surface area contributed by atoms with E-state index in [2.05, 4.69) is 0 Å². The average Bonchev–Trinajstić information content (AvgIpc) is 2.67. The molecule has 0 saturated carbocycles. The maximum Gasteiger partial charge on any atom is 0.223 e. The van der Waals surface area contributed by atoms with Gasteiger partial charge in [-0.05, 0) is 13.0 Å². The van der Waals surface area contributed by atoms with Crippen LogP contribution in [-0.4, -0.2) is 29.7 Å². The molecule has 1 heterocycles. The van der Waals surface area contributed by atoms with E-state index in [1.165, 1.54) is 6.08 Å². The molecule has 0 saturated heterocycles. The SMILES string of the molecule is C/C=C/C(=O)CCC(=O)N1CC=CC1. The predicted octanol–water partition coefficient (Wildman–Crippen LogP) is 1.31. The van der Waals surface area contributed by atoms with Gasteiger partial charge in [-0.15, -0.1) is 0 Å². The van der Waals surface area contributed by atoms with Crippen LogP contribution in [0.1, 0.15) is 19.8 Å². The third kappa shape index (κ3) is 3.17. The molecule has 3 nitrogen and oxygen atoms in total. The zero-order chi connectivity index (χ0) is 10.4. The Labute approximate surface area is 84.1 Å². The molecule has 1 amide bonds. The number of carbonyl (C=O) groups excluding carboxylic acids is 2. The van der Waals surface area contributed by atoms with Crippen molar-refractivity contribution in [3.05, 3.63) is 24.3 Å². The number of hydrogen-bond acceptors (Lipinski definition) is 2. The third-order valence-electron chi connectivity index (χ3n) is 2.11. The summed E-state index contributed by atoms with van der Waals surface area (Å²) >= 11 is 0. The van der Waals surface area contributed by atoms with Crippen molar-refractivity contribution in [1.82, 2.24) is 4.90 Å². The minimum absolute atomic E-state index is 0.0213. The van der Waals surface area contributed by atoms with Gasteiger partial charge in [0.25, 0.3) is 0 Å². The molecule has 76 valence electrons. The van der Waals surface area contributed by atoms with Crippen LogP contribution in [0.2, 0.25) is 0 Å². The lowest BCUT2D eigenvalue weighted by atomic mass is 10.2. The first-order valence-electron chi connectivity index (χ1n) is 4.82. The smallest absolute Gasteiger partial charge is 0.223 e. The molecule has 0 unspecified atom stereocenters. The molecule has 0 fully saturated rings. The summed E-state index contributed by atoms with van der Waals surface area (Å²) in [7, 11) is 0. The van der Waals surface area contributed by atoms with Gasteiger partial charge in [-0.2, -0.15) is 0 Å². The molecular formula is C11H15NO2. The number of allylic oxidation sites excluding steroid dienone is 2. The van der Waals surface area contributed by atoms with E-state index in [1.807, 2.05) is 12.2 Å². The van der Waals surface area contributed by atoms with Crippen molar-refractivity contribution >= 4 is 11.7 Å². The second-order valence-corrected chi connectivity index (χ2v) is 3.24. The van der Waals surface area contributed by atoms with Gasteiger partial charge in [0.1, 0.15) is 0 Å². The van der Waals surface area contributed by atoms with Crippen LogP contribution < -0.4 is 0 Å². The number of ketones is 1. The summed E-state index contributed by atoms with van der Waals surface area (Å²) in [6.45, 7) is 3.18. The van der Waals surface area contributed by atoms with E-state index in [-0.39, 0.29) is 11.7 Å². The number of nitrogens with zero attached hydrogens (tertiary/aromatic N) is 1. The molecule has 0 aromatic carbocycles. The predicted molar refractivity (Wildman–Crippen MR) is 54.8 cm³/mol. The number of rotatable bonds is 4. The van der Waals surface area contributed by atoms with E-state index in [4.69, 9.17) is 0 Å². The lowest BCUT2D eigenvalue weighted by molar-refractivity contribution is -0.131. The minimum Gasteiger partial charge on any atom is -0.335 e. The van der Waals surface area contributed by atoms with Crippen molar-refractivity contribution in [1.29, 1.82) is 0 Å². The Morgan fingerprint density at radius 1 is 1.29 bits per heavy atom. The summed E-state index contributed by atoms with van der Waals surface area (Å²) < 4.78 is 0. The topological polar surface area (TPSA) is 37.4 Å². The second kappa shape index (κ2) is 5.37. The molecule has 0 aliphatic carbocycles. The highest BCUT2D eigenvalue weighted by molar-refractivity contribution is 5.92. The molecule has 14 heavy (non-hydrogen) atoms. The fourth-order valence-corrected chi connectivity index (χ4v) is 1.34. The zero-order valence-electron chi connectivity index (χ0n) is 8.40. The molecule has 1 rings (SSSR count). The Kier molecular flexibility index (Phi) is 4.11. The van der Waals surface area contributed by atoms with Gasteiger partial charge < -0.3 is 4.90 Å². The highest BCUT2D eigenvalue weighted by Crippen LogP contribution is 2.04. The van der Waals surface area contributed by atoms with Crippen LogP contribution in [0.25, 0.3) is 0 Å². The van der Waals surface area contributed by atoms with Gasteiger partial charge in [0.05, 0.1) is 0 Å². The monoisotopic (exact) mass is 193 g/mol. The first-order chi connectivity index (χ1) is 6.74. The fourth-order valence-electron chi connectivity index (χ4n) is 1.34. The van der Waals surface area contributed by atoms with Crippen molar-refractivity contribution in [3.8, 4) is 0 Å². The van der Waals surface area contributed by atoms with Gasteiger partial charge in [-0.3, -0.25) is 9.59 Å². The summed E-state index contributed by atoms with van der Waals surface area (Å²) in [4.78, 5) is 24.3. The Morgan fingerprint density at radius 3 is 2.50 bits per heavy atom. The van der Waals surface area contributed by atoms with Gasteiger partial charge in [-0.25, -0.2) is 0 Å². The molecule has 0 N–H and O–H groups in total. The average molecular weight is 193 g/mol. The van der Waals surface area contributed by atoms with E-state index in [9.17, 15) is 9.59 Å². The normalized spacial score (nSPS) is 15.4. The van der Waals surface area contributed by atoms with Crippen LogP contribution in [0.3, 0.4) is 0 Å². The highest BCUT2D eigenvalue weighted by atomic mass is 16.2. The molecule has 0 atom stereocenters. The van der Waals surface area contributed by atoms with Crippen LogP contribution in [0.15, 0.2) is 24.3 Å². The Hall–Kier alpha value is -1.38. The van der Waals surface area contributed by atoms with E-state index < -0.39 is 0 Å². The summed E-state index contributed by atoms with van der Waals surface area (Å²) in [6, 6.07) is 0. The molecule has 0 aromatic heterocycles. The standard InChI is InChI=1S/C11H15NO2/c1-2-5-10(13)6-7-11(14)12-8-3-4-9-12/h2-5H,6-9H2,1H3/b5-2+. The number of amides is 1. The molecule has 3 heteroatoms. The number of hydrogen-bond donors (Lipinski definition) is 0. The zero-order valence-corrected chi connectivity index (χ0v) is 8.40. The summed E-state index contributed by atoms with van der Waals surface area (Å²) in [5, 5.41) is 0. The van der Waals surface area contributed by atoms with Gasteiger partial charge >= 0.3 is 0 Å². The quantitative estimate of drug-likeness (QED) is 0.498. The molecule has 0 spiro atoms. The summed E-state index contributed by atoms with van der Waals surface area (Å²) in [5.74, 6) is 0.0841. The van der Waals surface area contributed by atoms with Crippen molar-refractivity contribution in [3.63, 3.8) is 0 Å². The van der Waals surface area contributed by atoms with Crippen molar-refractivity contribution in [2.45, 2.75) is 19.8 Å². The van der Waals surface area contributed by atoms with Gasteiger partial charge in [0.2, 0.25) is 5.91 Å². The third-order valence-corrected chi connectivity index (χ3v) is 2.11. The fraction of sp³-hybridized carbons (Fsp3) is 0.455. The lowest BCUT2D eigenvalue weighted by Crippen LogP contribution is -2.28. The van der Waals surface area contributed by atoms with Crippen LogP contribution in [-0.2, 0) is 9.59 Å². The van der Waals surface area contributed by atoms with Gasteiger partial charge in [0, 0.05) is 25.9 Å². The minimum atomic E-state index is 0.0213. The molecule has 0 radical (unpaired) electrons. The molecule has 1 aliphatic heterocycles. The van der Waals surface area contributed by atoms with Gasteiger partial charge in [0.15, 0.2) is 5.78 Å². The maximum atomic E-state index is 11.5. The van der Waals surface area contributed by atoms with Gasteiger partial charge in [-0.1, -0.05) is 18.2 Å². The molecular weight excluding hydrogens is 178 g/mol. The molecule has 0 bridgehead atoms. The number of carbonyl (C=O) groups is 2. The van der Waals surface area contributed by atoms with Crippen LogP contribution >= 0.6 is 0 Å². The Morgan fingerprint density at radius 2 is 1.93 bits per heavy atom. The van der Waals surface area contributed by atoms with Crippen molar-refractivity contribution in [2.75, 3.05) is 13.1 Å². The first kappa shape index (κ1) is 10.7. The summed E-state index contributed by atoms with van der Waals surface area (Å²) in [5.41, 5.74) is 0. The van der Waals surface area contributed by atoms with E-state index in [1.54, 1.807) is 17.9 Å². The van der Waals surface area contributed by atoms with E-state index in [0.29, 0.717) is 25.9 Å².